The van der Waals surface area contributed by atoms with Crippen molar-refractivity contribution >= 4 is 11.6 Å². The molecule has 1 aromatic rings. The van der Waals surface area contributed by atoms with Gasteiger partial charge in [0.2, 0.25) is 0 Å². The van der Waals surface area contributed by atoms with Gasteiger partial charge in [0, 0.05) is 16.6 Å². The van der Waals surface area contributed by atoms with Gasteiger partial charge in [-0.05, 0) is 44.4 Å². The highest BCUT2D eigenvalue weighted by molar-refractivity contribution is 6.31. The maximum absolute atomic E-state index is 14.0. The molecule has 0 spiro atoms. The zero-order chi connectivity index (χ0) is 14.8. The topological polar surface area (TPSA) is 12.0 Å². The van der Waals surface area contributed by atoms with Gasteiger partial charge in [-0.3, -0.25) is 0 Å². The summed E-state index contributed by atoms with van der Waals surface area (Å²) in [5, 5.41) is 3.93. The Balaban J connectivity index is 2.65. The lowest BCUT2D eigenvalue weighted by Crippen LogP contribution is -2.23. The second-order valence-corrected chi connectivity index (χ2v) is 5.48. The molecular formula is C17H25ClFN. The molecule has 112 valence electrons. The molecule has 1 atom stereocenters. The minimum Gasteiger partial charge on any atom is -0.310 e. The third-order valence-corrected chi connectivity index (χ3v) is 3.72. The van der Waals surface area contributed by atoms with Crippen LogP contribution in [0.1, 0.15) is 57.1 Å². The van der Waals surface area contributed by atoms with Crippen molar-refractivity contribution in [3.05, 3.63) is 47.3 Å². The molecule has 0 aromatic heterocycles. The van der Waals surface area contributed by atoms with Gasteiger partial charge in [-0.25, -0.2) is 4.39 Å². The average molecular weight is 298 g/mol. The van der Waals surface area contributed by atoms with E-state index in [1.54, 1.807) is 12.1 Å². The molecule has 0 bridgehead atoms. The van der Waals surface area contributed by atoms with Crippen LogP contribution < -0.4 is 5.32 Å². The van der Waals surface area contributed by atoms with Gasteiger partial charge in [0.1, 0.15) is 5.82 Å². The number of unbranched alkanes of at least 4 members (excludes halogenated alkanes) is 3. The van der Waals surface area contributed by atoms with Gasteiger partial charge in [0.05, 0.1) is 0 Å². The largest absolute Gasteiger partial charge is 0.310 e. The summed E-state index contributed by atoms with van der Waals surface area (Å²) < 4.78 is 14.0. The molecule has 0 saturated heterocycles. The van der Waals surface area contributed by atoms with Gasteiger partial charge in [-0.1, -0.05) is 43.5 Å². The van der Waals surface area contributed by atoms with Crippen LogP contribution >= 0.6 is 11.6 Å². The Morgan fingerprint density at radius 2 is 2.15 bits per heavy atom. The smallest absolute Gasteiger partial charge is 0.129 e. The quantitative estimate of drug-likeness (QED) is 0.434. The molecule has 1 nitrogen and oxygen atoms in total. The maximum Gasteiger partial charge on any atom is 0.129 e. The van der Waals surface area contributed by atoms with Crippen molar-refractivity contribution in [2.24, 2.45) is 0 Å². The van der Waals surface area contributed by atoms with Crippen molar-refractivity contribution in [3.63, 3.8) is 0 Å². The van der Waals surface area contributed by atoms with Crippen LogP contribution in [-0.4, -0.2) is 6.54 Å². The Morgan fingerprint density at radius 1 is 1.35 bits per heavy atom. The Labute approximate surface area is 127 Å². The maximum atomic E-state index is 14.0. The Morgan fingerprint density at radius 3 is 2.80 bits per heavy atom. The summed E-state index contributed by atoms with van der Waals surface area (Å²) >= 11 is 6.17. The fourth-order valence-electron chi connectivity index (χ4n) is 2.32. The third kappa shape index (κ3) is 5.64. The first-order chi connectivity index (χ1) is 9.70. The second-order valence-electron chi connectivity index (χ2n) is 5.07. The lowest BCUT2D eigenvalue weighted by Gasteiger charge is -2.20. The first kappa shape index (κ1) is 17.2. The van der Waals surface area contributed by atoms with E-state index in [-0.39, 0.29) is 11.9 Å². The van der Waals surface area contributed by atoms with Crippen LogP contribution in [0.3, 0.4) is 0 Å². The lowest BCUT2D eigenvalue weighted by molar-refractivity contribution is 0.453. The van der Waals surface area contributed by atoms with Crippen molar-refractivity contribution < 1.29 is 4.39 Å². The van der Waals surface area contributed by atoms with E-state index in [4.69, 9.17) is 11.6 Å². The van der Waals surface area contributed by atoms with Crippen molar-refractivity contribution in [2.75, 3.05) is 6.54 Å². The van der Waals surface area contributed by atoms with E-state index in [9.17, 15) is 4.39 Å². The van der Waals surface area contributed by atoms with Gasteiger partial charge in [-0.15, -0.1) is 6.58 Å². The number of allylic oxidation sites excluding steroid dienone is 1. The molecule has 1 aromatic carbocycles. The molecule has 0 amide bonds. The summed E-state index contributed by atoms with van der Waals surface area (Å²) in [5.41, 5.74) is 0.617. The van der Waals surface area contributed by atoms with E-state index < -0.39 is 0 Å². The van der Waals surface area contributed by atoms with Crippen LogP contribution in [0.4, 0.5) is 4.39 Å². The molecule has 0 aliphatic heterocycles. The molecule has 1 rings (SSSR count). The fourth-order valence-corrected chi connectivity index (χ4v) is 2.62. The van der Waals surface area contributed by atoms with Crippen molar-refractivity contribution in [1.82, 2.24) is 5.32 Å². The Kier molecular flexibility index (Phi) is 8.56. The van der Waals surface area contributed by atoms with Gasteiger partial charge < -0.3 is 5.32 Å². The molecule has 0 fully saturated rings. The summed E-state index contributed by atoms with van der Waals surface area (Å²) in [4.78, 5) is 0. The SMILES string of the molecule is C=CCCCCCC(NCCC)c1c(F)cccc1Cl. The van der Waals surface area contributed by atoms with Gasteiger partial charge >= 0.3 is 0 Å². The second kappa shape index (κ2) is 9.95. The number of hydrogen-bond donors (Lipinski definition) is 1. The normalized spacial score (nSPS) is 12.3. The molecule has 1 N–H and O–H groups in total. The van der Waals surface area contributed by atoms with E-state index in [0.29, 0.717) is 10.6 Å². The molecule has 0 aliphatic rings. The predicted molar refractivity (Wildman–Crippen MR) is 85.7 cm³/mol. The highest BCUT2D eigenvalue weighted by atomic mass is 35.5. The molecule has 3 heteroatoms. The van der Waals surface area contributed by atoms with E-state index >= 15 is 0 Å². The van der Waals surface area contributed by atoms with Crippen LogP contribution in [0, 0.1) is 5.82 Å². The van der Waals surface area contributed by atoms with Gasteiger partial charge in [0.15, 0.2) is 0 Å². The van der Waals surface area contributed by atoms with Crippen LogP contribution in [0.15, 0.2) is 30.9 Å². The standard InChI is InChI=1S/C17H25ClFN/c1-3-5-6-7-8-12-16(20-13-4-2)17-14(18)10-9-11-15(17)19/h3,9-11,16,20H,1,4-8,12-13H2,2H3. The number of nitrogens with one attached hydrogen (secondary N) is 1. The summed E-state index contributed by atoms with van der Waals surface area (Å²) in [7, 11) is 0. The summed E-state index contributed by atoms with van der Waals surface area (Å²) in [6.45, 7) is 6.71. The minimum atomic E-state index is -0.211. The number of rotatable bonds is 10. The molecule has 0 radical (unpaired) electrons. The lowest BCUT2D eigenvalue weighted by atomic mass is 9.99. The highest BCUT2D eigenvalue weighted by Gasteiger charge is 2.17. The number of hydrogen-bond acceptors (Lipinski definition) is 1. The molecule has 20 heavy (non-hydrogen) atoms. The van der Waals surface area contributed by atoms with E-state index in [1.807, 2.05) is 6.08 Å². The van der Waals surface area contributed by atoms with Crippen molar-refractivity contribution in [1.29, 1.82) is 0 Å². The molecule has 1 unspecified atom stereocenters. The first-order valence-corrected chi connectivity index (χ1v) is 7.86. The third-order valence-electron chi connectivity index (χ3n) is 3.39. The first-order valence-electron chi connectivity index (χ1n) is 7.48. The minimum absolute atomic E-state index is 0.00683. The zero-order valence-corrected chi connectivity index (χ0v) is 13.1. The fraction of sp³-hybridized carbons (Fsp3) is 0.529. The average Bonchev–Trinajstić information content (AvgIpc) is 2.43. The summed E-state index contributed by atoms with van der Waals surface area (Å²) in [6.07, 6.45) is 8.29. The Bertz CT molecular complexity index is 386. The molecule has 0 saturated carbocycles. The molecule has 0 heterocycles. The predicted octanol–water partition coefficient (Wildman–Crippen LogP) is 5.66. The summed E-state index contributed by atoms with van der Waals surface area (Å²) in [6, 6.07) is 4.91. The van der Waals surface area contributed by atoms with Gasteiger partial charge in [0.25, 0.3) is 0 Å². The van der Waals surface area contributed by atoms with Crippen LogP contribution in [-0.2, 0) is 0 Å². The van der Waals surface area contributed by atoms with E-state index in [1.165, 1.54) is 6.07 Å². The van der Waals surface area contributed by atoms with Crippen molar-refractivity contribution in [2.45, 2.75) is 51.5 Å². The molecule has 0 aliphatic carbocycles. The monoisotopic (exact) mass is 297 g/mol. The van der Waals surface area contributed by atoms with Crippen LogP contribution in [0.5, 0.6) is 0 Å². The van der Waals surface area contributed by atoms with E-state index in [2.05, 4.69) is 18.8 Å². The zero-order valence-electron chi connectivity index (χ0n) is 12.3. The number of benzene rings is 1. The van der Waals surface area contributed by atoms with Crippen LogP contribution in [0.25, 0.3) is 0 Å². The Hall–Kier alpha value is -0.860. The van der Waals surface area contributed by atoms with Crippen LogP contribution in [0.2, 0.25) is 5.02 Å². The van der Waals surface area contributed by atoms with Gasteiger partial charge in [-0.2, -0.15) is 0 Å². The highest BCUT2D eigenvalue weighted by Crippen LogP contribution is 2.29. The van der Waals surface area contributed by atoms with Crippen molar-refractivity contribution in [3.8, 4) is 0 Å². The van der Waals surface area contributed by atoms with E-state index in [0.717, 1.165) is 45.1 Å². The number of halogens is 2. The summed E-state index contributed by atoms with van der Waals surface area (Å²) in [5.74, 6) is -0.211. The molecular weight excluding hydrogens is 273 g/mol.